The number of nitrogens with one attached hydrogen (secondary N) is 1. The molecule has 1 aromatic rings. The maximum Gasteiger partial charge on any atom is 0.220 e. The quantitative estimate of drug-likeness (QED) is 0.884. The van der Waals surface area contributed by atoms with Gasteiger partial charge in [-0.05, 0) is 27.7 Å². The number of morpholine rings is 1. The number of ether oxygens (including phenoxy) is 2. The summed E-state index contributed by atoms with van der Waals surface area (Å²) in [5, 5.41) is 3.34. The first-order valence-corrected chi connectivity index (χ1v) is 6.35. The van der Waals surface area contributed by atoms with Gasteiger partial charge < -0.3 is 19.2 Å². The van der Waals surface area contributed by atoms with E-state index in [1.807, 2.05) is 13.8 Å². The highest BCUT2D eigenvalue weighted by Gasteiger charge is 2.28. The molecule has 5 heteroatoms. The van der Waals surface area contributed by atoms with Crippen molar-refractivity contribution < 1.29 is 13.9 Å². The number of nitrogens with zero attached hydrogens (tertiary/aromatic N) is 1. The largest absolute Gasteiger partial charge is 0.443 e. The molecule has 2 heterocycles. The third-order valence-electron chi connectivity index (χ3n) is 3.01. The van der Waals surface area contributed by atoms with Gasteiger partial charge in [0.05, 0.1) is 24.0 Å². The van der Waals surface area contributed by atoms with E-state index in [2.05, 4.69) is 24.1 Å². The summed E-state index contributed by atoms with van der Waals surface area (Å²) in [7, 11) is 0. The maximum absolute atomic E-state index is 5.90. The predicted molar refractivity (Wildman–Crippen MR) is 67.5 cm³/mol. The summed E-state index contributed by atoms with van der Waals surface area (Å²) in [6, 6.07) is 0. The first-order chi connectivity index (χ1) is 8.46. The molecule has 1 saturated heterocycles. The molecule has 1 unspecified atom stereocenters. The Labute approximate surface area is 108 Å². The van der Waals surface area contributed by atoms with E-state index in [0.717, 1.165) is 24.5 Å². The number of hydrogen-bond donors (Lipinski definition) is 1. The fourth-order valence-electron chi connectivity index (χ4n) is 2.04. The van der Waals surface area contributed by atoms with Gasteiger partial charge in [-0.2, -0.15) is 0 Å². The van der Waals surface area contributed by atoms with Crippen LogP contribution in [-0.4, -0.2) is 36.4 Å². The molecule has 0 bridgehead atoms. The zero-order valence-corrected chi connectivity index (χ0v) is 11.6. The normalized spacial score (nSPS) is 23.2. The number of aromatic nitrogens is 1. The second-order valence-electron chi connectivity index (χ2n) is 5.39. The zero-order chi connectivity index (χ0) is 13.2. The Hall–Kier alpha value is -0.910. The van der Waals surface area contributed by atoms with Gasteiger partial charge in [0.25, 0.3) is 0 Å². The van der Waals surface area contributed by atoms with Crippen molar-refractivity contribution in [3.8, 4) is 0 Å². The van der Waals surface area contributed by atoms with Gasteiger partial charge >= 0.3 is 0 Å². The molecule has 1 N–H and O–H groups in total. The SMILES string of the molecule is Cc1nc(COCC2CNCC(C)(C)O2)oc1C. The minimum Gasteiger partial charge on any atom is -0.443 e. The summed E-state index contributed by atoms with van der Waals surface area (Å²) in [6.07, 6.45) is 0.0888. The summed E-state index contributed by atoms with van der Waals surface area (Å²) in [6.45, 7) is 10.6. The van der Waals surface area contributed by atoms with Gasteiger partial charge in [0.1, 0.15) is 12.4 Å². The summed E-state index contributed by atoms with van der Waals surface area (Å²) in [5.74, 6) is 1.48. The molecule has 0 aliphatic carbocycles. The third-order valence-corrected chi connectivity index (χ3v) is 3.01. The average molecular weight is 254 g/mol. The van der Waals surface area contributed by atoms with Crippen molar-refractivity contribution in [2.75, 3.05) is 19.7 Å². The summed E-state index contributed by atoms with van der Waals surface area (Å²) in [5.41, 5.74) is 0.799. The highest BCUT2D eigenvalue weighted by Crippen LogP contribution is 2.16. The standard InChI is InChI=1S/C13H22N2O3/c1-9-10(2)17-12(15-9)7-16-6-11-5-14-8-13(3,4)18-11/h11,14H,5-8H2,1-4H3. The molecule has 0 saturated carbocycles. The average Bonchev–Trinajstić information content (AvgIpc) is 2.57. The lowest BCUT2D eigenvalue weighted by Gasteiger charge is -2.36. The van der Waals surface area contributed by atoms with E-state index in [9.17, 15) is 0 Å². The van der Waals surface area contributed by atoms with E-state index >= 15 is 0 Å². The van der Waals surface area contributed by atoms with E-state index in [1.165, 1.54) is 0 Å². The van der Waals surface area contributed by atoms with E-state index in [-0.39, 0.29) is 11.7 Å². The van der Waals surface area contributed by atoms with E-state index in [1.54, 1.807) is 0 Å². The molecule has 0 aromatic carbocycles. The first kappa shape index (κ1) is 13.5. The van der Waals surface area contributed by atoms with Gasteiger partial charge in [-0.25, -0.2) is 4.98 Å². The van der Waals surface area contributed by atoms with Crippen molar-refractivity contribution in [1.29, 1.82) is 0 Å². The number of oxazole rings is 1. The van der Waals surface area contributed by atoms with Crippen molar-refractivity contribution in [1.82, 2.24) is 10.3 Å². The molecule has 1 atom stereocenters. The minimum atomic E-state index is -0.123. The van der Waals surface area contributed by atoms with Crippen LogP contribution in [0.15, 0.2) is 4.42 Å². The Morgan fingerprint density at radius 2 is 2.22 bits per heavy atom. The molecule has 0 amide bonds. The Bertz CT molecular complexity index is 381. The van der Waals surface area contributed by atoms with Crippen molar-refractivity contribution in [2.24, 2.45) is 0 Å². The highest BCUT2D eigenvalue weighted by atomic mass is 16.6. The molecule has 5 nitrogen and oxygen atoms in total. The van der Waals surface area contributed by atoms with Crippen LogP contribution in [0, 0.1) is 13.8 Å². The second-order valence-corrected chi connectivity index (χ2v) is 5.39. The number of aryl methyl sites for hydroxylation is 2. The zero-order valence-electron chi connectivity index (χ0n) is 11.6. The van der Waals surface area contributed by atoms with Crippen LogP contribution in [0.1, 0.15) is 31.2 Å². The lowest BCUT2D eigenvalue weighted by atomic mass is 10.1. The van der Waals surface area contributed by atoms with Gasteiger partial charge in [-0.3, -0.25) is 0 Å². The molecule has 18 heavy (non-hydrogen) atoms. The molecule has 1 aliphatic heterocycles. The van der Waals surface area contributed by atoms with E-state index < -0.39 is 0 Å². The van der Waals surface area contributed by atoms with Crippen LogP contribution in [0.2, 0.25) is 0 Å². The number of hydrogen-bond acceptors (Lipinski definition) is 5. The van der Waals surface area contributed by atoms with Crippen LogP contribution in [0.5, 0.6) is 0 Å². The third kappa shape index (κ3) is 3.54. The lowest BCUT2D eigenvalue weighted by Crippen LogP contribution is -2.51. The topological polar surface area (TPSA) is 56.5 Å². The van der Waals surface area contributed by atoms with Gasteiger partial charge in [-0.15, -0.1) is 0 Å². The fraction of sp³-hybridized carbons (Fsp3) is 0.769. The van der Waals surface area contributed by atoms with Gasteiger partial charge in [0.2, 0.25) is 5.89 Å². The smallest absolute Gasteiger partial charge is 0.220 e. The van der Waals surface area contributed by atoms with E-state index in [0.29, 0.717) is 19.1 Å². The second kappa shape index (κ2) is 5.38. The van der Waals surface area contributed by atoms with Crippen LogP contribution in [0.25, 0.3) is 0 Å². The first-order valence-electron chi connectivity index (χ1n) is 6.35. The van der Waals surface area contributed by atoms with E-state index in [4.69, 9.17) is 13.9 Å². The molecular weight excluding hydrogens is 232 g/mol. The Morgan fingerprint density at radius 1 is 1.44 bits per heavy atom. The lowest BCUT2D eigenvalue weighted by molar-refractivity contribution is -0.123. The molecule has 1 aromatic heterocycles. The molecule has 1 fully saturated rings. The predicted octanol–water partition coefficient (Wildman–Crippen LogP) is 1.58. The van der Waals surface area contributed by atoms with Gasteiger partial charge in [0, 0.05) is 13.1 Å². The van der Waals surface area contributed by atoms with Crippen molar-refractivity contribution in [3.05, 3.63) is 17.3 Å². The van der Waals surface area contributed by atoms with Crippen molar-refractivity contribution in [2.45, 2.75) is 46.0 Å². The Balaban J connectivity index is 1.75. The minimum absolute atomic E-state index is 0.0888. The highest BCUT2D eigenvalue weighted by molar-refractivity contribution is 5.04. The fourth-order valence-corrected chi connectivity index (χ4v) is 2.04. The number of rotatable bonds is 4. The molecule has 0 spiro atoms. The van der Waals surface area contributed by atoms with Crippen LogP contribution >= 0.6 is 0 Å². The molecular formula is C13H22N2O3. The Kier molecular flexibility index (Phi) is 4.04. The van der Waals surface area contributed by atoms with Crippen LogP contribution in [0.4, 0.5) is 0 Å². The monoisotopic (exact) mass is 254 g/mol. The van der Waals surface area contributed by atoms with Crippen molar-refractivity contribution in [3.63, 3.8) is 0 Å². The Morgan fingerprint density at radius 3 is 2.83 bits per heavy atom. The maximum atomic E-state index is 5.90. The summed E-state index contributed by atoms with van der Waals surface area (Å²) >= 11 is 0. The van der Waals surface area contributed by atoms with Crippen molar-refractivity contribution >= 4 is 0 Å². The molecule has 102 valence electrons. The summed E-state index contributed by atoms with van der Waals surface area (Å²) < 4.78 is 17.0. The molecule has 2 rings (SSSR count). The molecule has 1 aliphatic rings. The molecule has 0 radical (unpaired) electrons. The van der Waals surface area contributed by atoms with Gasteiger partial charge in [-0.1, -0.05) is 0 Å². The summed E-state index contributed by atoms with van der Waals surface area (Å²) in [4.78, 5) is 4.27. The van der Waals surface area contributed by atoms with Crippen LogP contribution in [-0.2, 0) is 16.1 Å². The van der Waals surface area contributed by atoms with Crippen LogP contribution < -0.4 is 5.32 Å². The van der Waals surface area contributed by atoms with Crippen LogP contribution in [0.3, 0.4) is 0 Å². The van der Waals surface area contributed by atoms with Gasteiger partial charge in [0.15, 0.2) is 0 Å².